The van der Waals surface area contributed by atoms with Crippen LogP contribution in [0.4, 0.5) is 0 Å². The topological polar surface area (TPSA) is 42.7 Å². The Balaban J connectivity index is 2.15. The molecule has 0 bridgehead atoms. The van der Waals surface area contributed by atoms with Gasteiger partial charge in [0.1, 0.15) is 5.82 Å². The number of hydrogen-bond donors (Lipinski definition) is 1. The van der Waals surface area contributed by atoms with Crippen molar-refractivity contribution in [3.63, 3.8) is 0 Å². The highest BCUT2D eigenvalue weighted by molar-refractivity contribution is 14.1. The van der Waals surface area contributed by atoms with Gasteiger partial charge in [0.2, 0.25) is 0 Å². The number of nitrogens with zero attached hydrogens (tertiary/aromatic N) is 3. The highest BCUT2D eigenvalue weighted by Gasteiger charge is 2.18. The Kier molecular flexibility index (Phi) is 3.18. The molecule has 2 aromatic rings. The fourth-order valence-corrected chi connectivity index (χ4v) is 2.88. The lowest BCUT2D eigenvalue weighted by molar-refractivity contribution is 0.508. The molecule has 0 radical (unpaired) electrons. The van der Waals surface area contributed by atoms with Crippen LogP contribution in [0.3, 0.4) is 0 Å². The van der Waals surface area contributed by atoms with Gasteiger partial charge in [0.15, 0.2) is 5.82 Å². The third-order valence-electron chi connectivity index (χ3n) is 2.79. The zero-order valence-corrected chi connectivity index (χ0v) is 12.7. The molecule has 1 aliphatic heterocycles. The van der Waals surface area contributed by atoms with E-state index in [1.165, 1.54) is 3.57 Å². The van der Waals surface area contributed by atoms with Crippen molar-refractivity contribution in [2.45, 2.75) is 13.1 Å². The van der Waals surface area contributed by atoms with E-state index in [1.54, 1.807) is 0 Å². The van der Waals surface area contributed by atoms with Crippen LogP contribution in [0, 0.1) is 3.57 Å². The van der Waals surface area contributed by atoms with E-state index in [9.17, 15) is 0 Å². The third-order valence-corrected chi connectivity index (χ3v) is 4.15. The van der Waals surface area contributed by atoms with E-state index in [0.717, 1.165) is 41.3 Å². The summed E-state index contributed by atoms with van der Waals surface area (Å²) in [7, 11) is 0. The van der Waals surface area contributed by atoms with Crippen LogP contribution in [0.5, 0.6) is 0 Å². The largest absolute Gasteiger partial charge is 0.309 e. The van der Waals surface area contributed by atoms with Gasteiger partial charge in [0.25, 0.3) is 0 Å². The van der Waals surface area contributed by atoms with Crippen LogP contribution >= 0.6 is 38.5 Å². The highest BCUT2D eigenvalue weighted by atomic mass is 127. The third kappa shape index (κ3) is 2.13. The fraction of sp³-hybridized carbons (Fsp3) is 0.273. The zero-order valence-electron chi connectivity index (χ0n) is 8.95. The van der Waals surface area contributed by atoms with Crippen molar-refractivity contribution in [1.29, 1.82) is 0 Å². The summed E-state index contributed by atoms with van der Waals surface area (Å²) in [5.41, 5.74) is 1.11. The first-order valence-electron chi connectivity index (χ1n) is 5.34. The van der Waals surface area contributed by atoms with E-state index >= 15 is 0 Å². The van der Waals surface area contributed by atoms with Crippen LogP contribution in [0.15, 0.2) is 22.7 Å². The maximum atomic E-state index is 4.31. The SMILES string of the molecule is Brc1ccc(I)cc1-c1nnc2n1CCNC2. The summed E-state index contributed by atoms with van der Waals surface area (Å²) >= 11 is 5.89. The molecule has 0 spiro atoms. The van der Waals surface area contributed by atoms with Gasteiger partial charge in [-0.1, -0.05) is 15.9 Å². The Morgan fingerprint density at radius 3 is 3.12 bits per heavy atom. The number of benzene rings is 1. The first-order chi connectivity index (χ1) is 8.25. The van der Waals surface area contributed by atoms with Crippen molar-refractivity contribution < 1.29 is 0 Å². The molecule has 1 N–H and O–H groups in total. The lowest BCUT2D eigenvalue weighted by atomic mass is 10.2. The molecule has 0 saturated carbocycles. The molecule has 1 aromatic heterocycles. The van der Waals surface area contributed by atoms with Gasteiger partial charge in [0.05, 0.1) is 6.54 Å². The number of nitrogens with one attached hydrogen (secondary N) is 1. The minimum absolute atomic E-state index is 0.800. The van der Waals surface area contributed by atoms with Gasteiger partial charge in [0, 0.05) is 26.7 Å². The van der Waals surface area contributed by atoms with Gasteiger partial charge >= 0.3 is 0 Å². The standard InChI is InChI=1S/C11H10BrIN4/c12-9-2-1-7(13)5-8(9)11-16-15-10-6-14-3-4-17(10)11/h1-2,5,14H,3-4,6H2. The summed E-state index contributed by atoms with van der Waals surface area (Å²) in [6, 6.07) is 6.26. The second-order valence-electron chi connectivity index (χ2n) is 3.89. The normalized spacial score (nSPS) is 14.7. The Bertz CT molecular complexity index is 567. The summed E-state index contributed by atoms with van der Waals surface area (Å²) < 4.78 is 4.45. The van der Waals surface area contributed by atoms with Gasteiger partial charge in [-0.15, -0.1) is 10.2 Å². The van der Waals surface area contributed by atoms with Crippen molar-refractivity contribution in [2.75, 3.05) is 6.54 Å². The molecule has 0 aliphatic carbocycles. The number of hydrogen-bond acceptors (Lipinski definition) is 3. The lowest BCUT2D eigenvalue weighted by Crippen LogP contribution is -2.28. The summed E-state index contributed by atoms with van der Waals surface area (Å²) in [5.74, 6) is 1.96. The van der Waals surface area contributed by atoms with Crippen molar-refractivity contribution in [3.05, 3.63) is 32.1 Å². The molecule has 1 aromatic carbocycles. The monoisotopic (exact) mass is 404 g/mol. The molecule has 3 rings (SSSR count). The lowest BCUT2D eigenvalue weighted by Gasteiger charge is -2.16. The van der Waals surface area contributed by atoms with Crippen LogP contribution in [0.1, 0.15) is 5.82 Å². The van der Waals surface area contributed by atoms with Gasteiger partial charge in [-0.05, 0) is 40.8 Å². The smallest absolute Gasteiger partial charge is 0.165 e. The molecule has 0 unspecified atom stereocenters. The average Bonchev–Trinajstić information content (AvgIpc) is 2.76. The molecule has 0 fully saturated rings. The minimum atomic E-state index is 0.800. The quantitative estimate of drug-likeness (QED) is 0.742. The first-order valence-corrected chi connectivity index (χ1v) is 7.21. The molecule has 1 aliphatic rings. The van der Waals surface area contributed by atoms with E-state index < -0.39 is 0 Å². The van der Waals surface area contributed by atoms with Gasteiger partial charge in [-0.2, -0.15) is 0 Å². The van der Waals surface area contributed by atoms with Crippen LogP contribution in [-0.4, -0.2) is 21.3 Å². The maximum Gasteiger partial charge on any atom is 0.165 e. The predicted molar refractivity (Wildman–Crippen MR) is 77.6 cm³/mol. The molecule has 0 atom stereocenters. The molecule has 88 valence electrons. The molecule has 6 heteroatoms. The molecule has 2 heterocycles. The van der Waals surface area contributed by atoms with Crippen LogP contribution in [-0.2, 0) is 13.1 Å². The van der Waals surface area contributed by atoms with Crippen LogP contribution < -0.4 is 5.32 Å². The Hall–Kier alpha value is -0.470. The Morgan fingerprint density at radius 1 is 1.35 bits per heavy atom. The van der Waals surface area contributed by atoms with Gasteiger partial charge in [-0.3, -0.25) is 0 Å². The zero-order chi connectivity index (χ0) is 11.8. The maximum absolute atomic E-state index is 4.31. The van der Waals surface area contributed by atoms with Crippen molar-refractivity contribution in [2.24, 2.45) is 0 Å². The summed E-state index contributed by atoms with van der Waals surface area (Å²) in [4.78, 5) is 0. The summed E-state index contributed by atoms with van der Waals surface area (Å²) in [5, 5.41) is 11.8. The molecule has 0 saturated heterocycles. The fourth-order valence-electron chi connectivity index (χ4n) is 1.96. The summed E-state index contributed by atoms with van der Waals surface area (Å²) in [6.07, 6.45) is 0. The van der Waals surface area contributed by atoms with E-state index in [2.05, 4.69) is 76.8 Å². The van der Waals surface area contributed by atoms with Gasteiger partial charge in [-0.25, -0.2) is 0 Å². The second kappa shape index (κ2) is 4.66. The number of halogens is 2. The van der Waals surface area contributed by atoms with Crippen LogP contribution in [0.25, 0.3) is 11.4 Å². The second-order valence-corrected chi connectivity index (χ2v) is 5.99. The van der Waals surface area contributed by atoms with Gasteiger partial charge < -0.3 is 9.88 Å². The highest BCUT2D eigenvalue weighted by Crippen LogP contribution is 2.29. The molecular formula is C11H10BrIN4. The Morgan fingerprint density at radius 2 is 2.24 bits per heavy atom. The van der Waals surface area contributed by atoms with Crippen molar-refractivity contribution in [3.8, 4) is 11.4 Å². The molecular weight excluding hydrogens is 395 g/mol. The van der Waals surface area contributed by atoms with E-state index in [1.807, 2.05) is 0 Å². The van der Waals surface area contributed by atoms with E-state index in [4.69, 9.17) is 0 Å². The number of rotatable bonds is 1. The van der Waals surface area contributed by atoms with Crippen molar-refractivity contribution in [1.82, 2.24) is 20.1 Å². The first kappa shape index (κ1) is 11.6. The molecule has 17 heavy (non-hydrogen) atoms. The number of aromatic nitrogens is 3. The minimum Gasteiger partial charge on any atom is -0.309 e. The average molecular weight is 405 g/mol. The van der Waals surface area contributed by atoms with E-state index in [0.29, 0.717) is 0 Å². The van der Waals surface area contributed by atoms with Crippen LogP contribution in [0.2, 0.25) is 0 Å². The molecule has 4 nitrogen and oxygen atoms in total. The Labute approximate surface area is 121 Å². The van der Waals surface area contributed by atoms with Crippen molar-refractivity contribution >= 4 is 38.5 Å². The number of fused-ring (bicyclic) bond motifs is 1. The summed E-state index contributed by atoms with van der Waals surface area (Å²) in [6.45, 7) is 2.70. The van der Waals surface area contributed by atoms with E-state index in [-0.39, 0.29) is 0 Å². The predicted octanol–water partition coefficient (Wildman–Crippen LogP) is 2.42. The molecule has 0 amide bonds.